The van der Waals surface area contributed by atoms with Gasteiger partial charge >= 0.3 is 0 Å². The highest BCUT2D eigenvalue weighted by atomic mass is 32.2. The minimum absolute atomic E-state index is 0.0795. The molecule has 2 aliphatic heterocycles. The SMILES string of the molecule is CCCn1c(C)cc(-c2csc(NC(=O)[C@@H]3CS[C@@]4(C)CCC(=O)N34)n2)c1C. The van der Waals surface area contributed by atoms with Crippen molar-refractivity contribution in [1.82, 2.24) is 14.5 Å². The van der Waals surface area contributed by atoms with E-state index in [1.54, 1.807) is 16.7 Å². The predicted octanol–water partition coefficient (Wildman–Crippen LogP) is 4.03. The summed E-state index contributed by atoms with van der Waals surface area (Å²) < 4.78 is 2.31. The normalized spacial score (nSPS) is 24.1. The van der Waals surface area contributed by atoms with Crippen molar-refractivity contribution in [2.24, 2.45) is 0 Å². The molecule has 2 aliphatic rings. The summed E-state index contributed by atoms with van der Waals surface area (Å²) in [6.07, 6.45) is 2.43. The fourth-order valence-corrected chi connectivity index (χ4v) is 6.43. The number of carbonyl (C=O) groups is 2. The largest absolute Gasteiger partial charge is 0.348 e. The van der Waals surface area contributed by atoms with Crippen LogP contribution in [0.5, 0.6) is 0 Å². The van der Waals surface area contributed by atoms with E-state index < -0.39 is 6.04 Å². The second kappa shape index (κ2) is 7.22. The molecule has 0 bridgehead atoms. The van der Waals surface area contributed by atoms with E-state index in [4.69, 9.17) is 0 Å². The molecule has 0 saturated carbocycles. The van der Waals surface area contributed by atoms with Crippen molar-refractivity contribution in [3.05, 3.63) is 22.8 Å². The van der Waals surface area contributed by atoms with Crippen LogP contribution in [0.4, 0.5) is 5.13 Å². The van der Waals surface area contributed by atoms with E-state index in [1.165, 1.54) is 22.7 Å². The summed E-state index contributed by atoms with van der Waals surface area (Å²) in [5.41, 5.74) is 4.43. The van der Waals surface area contributed by atoms with E-state index in [-0.39, 0.29) is 16.7 Å². The van der Waals surface area contributed by atoms with Crippen LogP contribution in [0.1, 0.15) is 44.5 Å². The van der Waals surface area contributed by atoms with Gasteiger partial charge < -0.3 is 14.8 Å². The standard InChI is InChI=1S/C20H26N4O2S2/c1-5-8-23-12(2)9-14(13(23)3)15-10-27-19(21-15)22-18(26)16-11-28-20(4)7-6-17(25)24(16)20/h9-10,16H,5-8,11H2,1-4H3,(H,21,22,26)/t16-,20-/m0/s1. The molecule has 0 radical (unpaired) electrons. The van der Waals surface area contributed by atoms with Gasteiger partial charge in [-0.25, -0.2) is 4.98 Å². The number of thiazole rings is 1. The third-order valence-electron chi connectivity index (χ3n) is 5.78. The predicted molar refractivity (Wildman–Crippen MR) is 115 cm³/mol. The Bertz CT molecular complexity index is 935. The zero-order valence-electron chi connectivity index (χ0n) is 16.7. The van der Waals surface area contributed by atoms with Crippen LogP contribution in [0.2, 0.25) is 0 Å². The maximum Gasteiger partial charge on any atom is 0.249 e. The fourth-order valence-electron chi connectivity index (χ4n) is 4.29. The van der Waals surface area contributed by atoms with Gasteiger partial charge in [-0.2, -0.15) is 0 Å². The Labute approximate surface area is 173 Å². The van der Waals surface area contributed by atoms with Crippen molar-refractivity contribution in [1.29, 1.82) is 0 Å². The lowest BCUT2D eigenvalue weighted by Crippen LogP contribution is -2.48. The Kier molecular flexibility index (Phi) is 5.03. The summed E-state index contributed by atoms with van der Waals surface area (Å²) in [7, 11) is 0. The Morgan fingerprint density at radius 2 is 2.21 bits per heavy atom. The molecular formula is C20H26N4O2S2. The molecule has 4 heterocycles. The molecule has 0 aliphatic carbocycles. The zero-order chi connectivity index (χ0) is 20.1. The number of nitrogens with one attached hydrogen (secondary N) is 1. The summed E-state index contributed by atoms with van der Waals surface area (Å²) >= 11 is 3.13. The summed E-state index contributed by atoms with van der Waals surface area (Å²) in [6, 6.07) is 1.75. The number of carbonyl (C=O) groups excluding carboxylic acids is 2. The Balaban J connectivity index is 1.51. The number of hydrogen-bond donors (Lipinski definition) is 1. The number of rotatable bonds is 5. The Morgan fingerprint density at radius 1 is 1.43 bits per heavy atom. The molecular weight excluding hydrogens is 392 g/mol. The van der Waals surface area contributed by atoms with Gasteiger partial charge in [-0.3, -0.25) is 9.59 Å². The lowest BCUT2D eigenvalue weighted by atomic mass is 10.2. The summed E-state index contributed by atoms with van der Waals surface area (Å²) in [5, 5.41) is 5.52. The summed E-state index contributed by atoms with van der Waals surface area (Å²) in [4.78, 5) is 31.3. The van der Waals surface area contributed by atoms with Crippen LogP contribution in [0.15, 0.2) is 11.4 Å². The van der Waals surface area contributed by atoms with Gasteiger partial charge in [-0.15, -0.1) is 23.1 Å². The topological polar surface area (TPSA) is 67.2 Å². The lowest BCUT2D eigenvalue weighted by molar-refractivity contribution is -0.135. The fraction of sp³-hybridized carbons (Fsp3) is 0.550. The molecule has 28 heavy (non-hydrogen) atoms. The quantitative estimate of drug-likeness (QED) is 0.796. The molecule has 0 spiro atoms. The smallest absolute Gasteiger partial charge is 0.249 e. The van der Waals surface area contributed by atoms with Gasteiger partial charge in [0.15, 0.2) is 5.13 Å². The van der Waals surface area contributed by atoms with Gasteiger partial charge in [0, 0.05) is 41.0 Å². The van der Waals surface area contributed by atoms with E-state index in [1.807, 2.05) is 5.38 Å². The molecule has 2 amide bonds. The first kappa shape index (κ1) is 19.5. The van der Waals surface area contributed by atoms with Crippen LogP contribution in [0, 0.1) is 13.8 Å². The minimum Gasteiger partial charge on any atom is -0.348 e. The van der Waals surface area contributed by atoms with Gasteiger partial charge in [0.1, 0.15) is 6.04 Å². The molecule has 4 rings (SSSR count). The molecule has 0 unspecified atom stereocenters. The second-order valence-corrected chi connectivity index (χ2v) is 10.1. The van der Waals surface area contributed by atoms with Gasteiger partial charge in [0.25, 0.3) is 0 Å². The number of aromatic nitrogens is 2. The first-order valence-electron chi connectivity index (χ1n) is 9.73. The molecule has 150 valence electrons. The maximum atomic E-state index is 12.8. The van der Waals surface area contributed by atoms with Crippen LogP contribution < -0.4 is 5.32 Å². The van der Waals surface area contributed by atoms with Crippen LogP contribution in [-0.2, 0) is 16.1 Å². The van der Waals surface area contributed by atoms with Crippen molar-refractivity contribution in [2.45, 2.75) is 64.4 Å². The first-order chi connectivity index (χ1) is 13.3. The number of hydrogen-bond acceptors (Lipinski definition) is 5. The molecule has 2 aromatic rings. The average molecular weight is 419 g/mol. The highest BCUT2D eigenvalue weighted by Gasteiger charge is 2.52. The Hall–Kier alpha value is -1.80. The van der Waals surface area contributed by atoms with Gasteiger partial charge in [0.2, 0.25) is 11.8 Å². The average Bonchev–Trinajstić information content (AvgIpc) is 3.37. The van der Waals surface area contributed by atoms with E-state index >= 15 is 0 Å². The molecule has 6 nitrogen and oxygen atoms in total. The number of fused-ring (bicyclic) bond motifs is 1. The highest BCUT2D eigenvalue weighted by Crippen LogP contribution is 2.47. The van der Waals surface area contributed by atoms with E-state index in [9.17, 15) is 9.59 Å². The molecule has 2 saturated heterocycles. The highest BCUT2D eigenvalue weighted by molar-refractivity contribution is 8.01. The number of nitrogens with zero attached hydrogens (tertiary/aromatic N) is 3. The van der Waals surface area contributed by atoms with Crippen LogP contribution >= 0.6 is 23.1 Å². The van der Waals surface area contributed by atoms with Crippen molar-refractivity contribution >= 4 is 40.0 Å². The van der Waals surface area contributed by atoms with Gasteiger partial charge in [-0.1, -0.05) is 6.92 Å². The number of amides is 2. The van der Waals surface area contributed by atoms with Gasteiger partial charge in [0.05, 0.1) is 10.6 Å². The van der Waals surface area contributed by atoms with E-state index in [0.29, 0.717) is 17.3 Å². The van der Waals surface area contributed by atoms with Crippen molar-refractivity contribution in [2.75, 3.05) is 11.1 Å². The monoisotopic (exact) mass is 418 g/mol. The molecule has 8 heteroatoms. The van der Waals surface area contributed by atoms with Crippen molar-refractivity contribution in [3.8, 4) is 11.3 Å². The van der Waals surface area contributed by atoms with Crippen LogP contribution in [0.25, 0.3) is 11.3 Å². The van der Waals surface area contributed by atoms with Crippen LogP contribution in [-0.4, -0.2) is 42.9 Å². The summed E-state index contributed by atoms with van der Waals surface area (Å²) in [5.74, 6) is 0.587. The van der Waals surface area contributed by atoms with Crippen molar-refractivity contribution in [3.63, 3.8) is 0 Å². The minimum atomic E-state index is -0.410. The van der Waals surface area contributed by atoms with E-state index in [0.717, 1.165) is 30.6 Å². The third kappa shape index (κ3) is 3.16. The third-order valence-corrected chi connectivity index (χ3v) is 8.04. The number of anilines is 1. The van der Waals surface area contributed by atoms with Crippen molar-refractivity contribution < 1.29 is 9.59 Å². The lowest BCUT2D eigenvalue weighted by Gasteiger charge is -2.29. The molecule has 2 atom stereocenters. The molecule has 0 aromatic carbocycles. The number of aryl methyl sites for hydroxylation is 1. The maximum absolute atomic E-state index is 12.8. The zero-order valence-corrected chi connectivity index (χ0v) is 18.4. The second-order valence-electron chi connectivity index (χ2n) is 7.73. The van der Waals surface area contributed by atoms with E-state index in [2.05, 4.69) is 48.6 Å². The first-order valence-corrected chi connectivity index (χ1v) is 11.6. The summed E-state index contributed by atoms with van der Waals surface area (Å²) in [6.45, 7) is 9.46. The molecule has 2 aromatic heterocycles. The Morgan fingerprint density at radius 3 is 2.96 bits per heavy atom. The molecule has 1 N–H and O–H groups in total. The molecule has 2 fully saturated rings. The van der Waals surface area contributed by atoms with Gasteiger partial charge in [-0.05, 0) is 39.7 Å². The van der Waals surface area contributed by atoms with Crippen LogP contribution in [0.3, 0.4) is 0 Å². The number of thioether (sulfide) groups is 1.